The van der Waals surface area contributed by atoms with Gasteiger partial charge in [0.1, 0.15) is 5.00 Å². The van der Waals surface area contributed by atoms with E-state index in [-0.39, 0.29) is 18.7 Å². The van der Waals surface area contributed by atoms with Gasteiger partial charge in [-0.25, -0.2) is 4.79 Å². The van der Waals surface area contributed by atoms with Crippen molar-refractivity contribution in [2.24, 2.45) is 0 Å². The molecule has 6 nitrogen and oxygen atoms in total. The number of thiophene rings is 1. The van der Waals surface area contributed by atoms with E-state index in [1.165, 1.54) is 22.3 Å². The van der Waals surface area contributed by atoms with E-state index in [2.05, 4.69) is 5.32 Å². The molecule has 4 rings (SSSR count). The molecule has 0 atom stereocenters. The number of hydrogen-bond acceptors (Lipinski definition) is 6. The Morgan fingerprint density at radius 2 is 2.04 bits per heavy atom. The first-order chi connectivity index (χ1) is 13.7. The zero-order valence-electron chi connectivity index (χ0n) is 15.6. The average Bonchev–Trinajstić information content (AvgIpc) is 3.30. The van der Waals surface area contributed by atoms with Crippen molar-refractivity contribution in [3.05, 3.63) is 45.8 Å². The first-order valence-electron chi connectivity index (χ1n) is 9.36. The molecule has 1 aromatic carbocycles. The second-order valence-electron chi connectivity index (χ2n) is 6.57. The number of aryl methyl sites for hydroxylation is 1. The van der Waals surface area contributed by atoms with Gasteiger partial charge in [-0.05, 0) is 61.9 Å². The minimum atomic E-state index is -0.364. The van der Waals surface area contributed by atoms with Crippen LogP contribution in [0, 0.1) is 0 Å². The Morgan fingerprint density at radius 3 is 2.89 bits per heavy atom. The topological polar surface area (TPSA) is 73.9 Å². The molecule has 1 aromatic heterocycles. The lowest BCUT2D eigenvalue weighted by atomic mass is 9.95. The van der Waals surface area contributed by atoms with Crippen LogP contribution in [0.25, 0.3) is 6.08 Å². The van der Waals surface area contributed by atoms with E-state index in [4.69, 9.17) is 14.2 Å². The van der Waals surface area contributed by atoms with E-state index in [0.29, 0.717) is 28.7 Å². The molecule has 0 saturated heterocycles. The highest BCUT2D eigenvalue weighted by Gasteiger charge is 2.26. The number of carbonyl (C=O) groups excluding carboxylic acids is 2. The molecular weight excluding hydrogens is 378 g/mol. The Bertz CT molecular complexity index is 947. The molecule has 2 aromatic rings. The van der Waals surface area contributed by atoms with Gasteiger partial charge in [-0.15, -0.1) is 11.3 Å². The number of anilines is 1. The normalized spacial score (nSPS) is 14.8. The number of esters is 1. The van der Waals surface area contributed by atoms with E-state index in [9.17, 15) is 9.59 Å². The van der Waals surface area contributed by atoms with E-state index < -0.39 is 0 Å². The predicted molar refractivity (Wildman–Crippen MR) is 107 cm³/mol. The molecule has 28 heavy (non-hydrogen) atoms. The number of nitrogens with one attached hydrogen (secondary N) is 1. The number of carbonyl (C=O) groups is 2. The van der Waals surface area contributed by atoms with Gasteiger partial charge in [0.05, 0.1) is 12.2 Å². The molecule has 0 radical (unpaired) electrons. The fraction of sp³-hybridized carbons (Fsp3) is 0.333. The minimum absolute atomic E-state index is 0.211. The van der Waals surface area contributed by atoms with Crippen LogP contribution >= 0.6 is 11.3 Å². The fourth-order valence-electron chi connectivity index (χ4n) is 3.42. The van der Waals surface area contributed by atoms with Crippen LogP contribution in [-0.4, -0.2) is 25.3 Å². The number of benzene rings is 1. The predicted octanol–water partition coefficient (Wildman–Crippen LogP) is 4.18. The van der Waals surface area contributed by atoms with Crippen LogP contribution in [0.15, 0.2) is 24.3 Å². The minimum Gasteiger partial charge on any atom is -0.462 e. The summed E-state index contributed by atoms with van der Waals surface area (Å²) in [6.07, 6.45) is 7.10. The van der Waals surface area contributed by atoms with Crippen molar-refractivity contribution in [2.45, 2.75) is 32.6 Å². The van der Waals surface area contributed by atoms with E-state index in [1.807, 2.05) is 18.2 Å². The molecule has 1 N–H and O–H groups in total. The van der Waals surface area contributed by atoms with Gasteiger partial charge in [0.25, 0.3) is 0 Å². The van der Waals surface area contributed by atoms with E-state index in [1.54, 1.807) is 13.0 Å². The Morgan fingerprint density at radius 1 is 1.21 bits per heavy atom. The second-order valence-corrected chi connectivity index (χ2v) is 7.68. The lowest BCUT2D eigenvalue weighted by Gasteiger charge is -2.12. The highest BCUT2D eigenvalue weighted by atomic mass is 32.1. The summed E-state index contributed by atoms with van der Waals surface area (Å²) in [5.41, 5.74) is 2.38. The van der Waals surface area contributed by atoms with Crippen molar-refractivity contribution in [1.29, 1.82) is 0 Å². The molecule has 2 aliphatic rings. The van der Waals surface area contributed by atoms with Crippen LogP contribution in [-0.2, 0) is 22.4 Å². The summed E-state index contributed by atoms with van der Waals surface area (Å²) >= 11 is 1.48. The maximum absolute atomic E-state index is 12.5. The quantitative estimate of drug-likeness (QED) is 0.603. The van der Waals surface area contributed by atoms with Crippen LogP contribution in [0.5, 0.6) is 11.5 Å². The summed E-state index contributed by atoms with van der Waals surface area (Å²) in [4.78, 5) is 26.1. The summed E-state index contributed by atoms with van der Waals surface area (Å²) in [5.74, 6) is 0.710. The summed E-state index contributed by atoms with van der Waals surface area (Å²) in [7, 11) is 0. The maximum atomic E-state index is 12.5. The van der Waals surface area contributed by atoms with Gasteiger partial charge in [-0.3, -0.25) is 4.79 Å². The van der Waals surface area contributed by atoms with Crippen LogP contribution in [0.1, 0.15) is 46.1 Å². The smallest absolute Gasteiger partial charge is 0.341 e. The van der Waals surface area contributed by atoms with Crippen LogP contribution in [0.3, 0.4) is 0 Å². The number of rotatable bonds is 5. The molecule has 7 heteroatoms. The van der Waals surface area contributed by atoms with Gasteiger partial charge in [0.15, 0.2) is 11.5 Å². The van der Waals surface area contributed by atoms with Crippen molar-refractivity contribution in [2.75, 3.05) is 18.7 Å². The molecule has 146 valence electrons. The molecule has 0 bridgehead atoms. The SMILES string of the molecule is CCOC(=O)c1c(NC(=O)/C=C/c2ccc3c(c2)OCO3)sc2c1CCCC2. The summed E-state index contributed by atoms with van der Waals surface area (Å²) in [6.45, 7) is 2.30. The Kier molecular flexibility index (Phi) is 5.34. The second kappa shape index (κ2) is 8.06. The molecule has 0 unspecified atom stereocenters. The van der Waals surface area contributed by atoms with Gasteiger partial charge in [-0.1, -0.05) is 6.07 Å². The summed E-state index contributed by atoms with van der Waals surface area (Å²) in [6, 6.07) is 5.48. The van der Waals surface area contributed by atoms with Crippen molar-refractivity contribution < 1.29 is 23.8 Å². The van der Waals surface area contributed by atoms with Crippen LogP contribution in [0.2, 0.25) is 0 Å². The molecule has 0 spiro atoms. The summed E-state index contributed by atoms with van der Waals surface area (Å²) < 4.78 is 15.9. The number of fused-ring (bicyclic) bond motifs is 2. The number of ether oxygens (including phenoxy) is 3. The highest BCUT2D eigenvalue weighted by molar-refractivity contribution is 7.17. The van der Waals surface area contributed by atoms with Gasteiger partial charge < -0.3 is 19.5 Å². The number of hydrogen-bond donors (Lipinski definition) is 1. The van der Waals surface area contributed by atoms with Crippen molar-refractivity contribution >= 4 is 34.3 Å². The van der Waals surface area contributed by atoms with Crippen molar-refractivity contribution in [3.8, 4) is 11.5 Å². The van der Waals surface area contributed by atoms with E-state index >= 15 is 0 Å². The molecule has 1 aliphatic heterocycles. The van der Waals surface area contributed by atoms with Gasteiger partial charge in [-0.2, -0.15) is 0 Å². The van der Waals surface area contributed by atoms with Crippen LogP contribution in [0.4, 0.5) is 5.00 Å². The molecule has 1 aliphatic carbocycles. The molecule has 2 heterocycles. The number of amides is 1. The zero-order valence-corrected chi connectivity index (χ0v) is 16.4. The first-order valence-corrected chi connectivity index (χ1v) is 10.2. The third-order valence-corrected chi connectivity index (χ3v) is 5.92. The van der Waals surface area contributed by atoms with Gasteiger partial charge in [0, 0.05) is 11.0 Å². The maximum Gasteiger partial charge on any atom is 0.341 e. The largest absolute Gasteiger partial charge is 0.462 e. The Hall–Kier alpha value is -2.80. The zero-order chi connectivity index (χ0) is 19.5. The van der Waals surface area contributed by atoms with Crippen molar-refractivity contribution in [1.82, 2.24) is 0 Å². The average molecular weight is 399 g/mol. The summed E-state index contributed by atoms with van der Waals surface area (Å²) in [5, 5.41) is 3.44. The lowest BCUT2D eigenvalue weighted by molar-refractivity contribution is -0.111. The monoisotopic (exact) mass is 399 g/mol. The highest BCUT2D eigenvalue weighted by Crippen LogP contribution is 2.38. The molecule has 0 fully saturated rings. The third kappa shape index (κ3) is 3.75. The molecule has 1 amide bonds. The lowest BCUT2D eigenvalue weighted by Crippen LogP contribution is -2.14. The first kappa shape index (κ1) is 18.6. The van der Waals surface area contributed by atoms with Crippen molar-refractivity contribution in [3.63, 3.8) is 0 Å². The molecular formula is C21H21NO5S. The fourth-order valence-corrected chi connectivity index (χ4v) is 4.70. The Labute approximate surface area is 167 Å². The van der Waals surface area contributed by atoms with Gasteiger partial charge >= 0.3 is 5.97 Å². The van der Waals surface area contributed by atoms with Gasteiger partial charge in [0.2, 0.25) is 12.7 Å². The van der Waals surface area contributed by atoms with E-state index in [0.717, 1.165) is 36.8 Å². The van der Waals surface area contributed by atoms with Crippen LogP contribution < -0.4 is 14.8 Å². The third-order valence-electron chi connectivity index (χ3n) is 4.71. The standard InChI is InChI=1S/C21H21NO5S/c1-2-25-21(24)19-14-5-3-4-6-17(14)28-20(19)22-18(23)10-8-13-7-9-15-16(11-13)27-12-26-15/h7-11H,2-6,12H2,1H3,(H,22,23)/b10-8+. The Balaban J connectivity index is 1.52. The molecule has 0 saturated carbocycles.